The van der Waals surface area contributed by atoms with Gasteiger partial charge in [0.2, 0.25) is 0 Å². The molecule has 2 aromatic heterocycles. The number of nitrogens with one attached hydrogen (secondary N) is 2. The Morgan fingerprint density at radius 1 is 1.67 bits per heavy atom. The monoisotopic (exact) mass is 242 g/mol. The van der Waals surface area contributed by atoms with Gasteiger partial charge >= 0.3 is 0 Å². The minimum atomic E-state index is -0.237. The van der Waals surface area contributed by atoms with Crippen LogP contribution in [0.1, 0.15) is 16.1 Å². The number of alkyl halides is 1. The summed E-state index contributed by atoms with van der Waals surface area (Å²) in [6.07, 6.45) is 2.97. The molecule has 2 aromatic rings. The number of nitrogens with zero attached hydrogens (tertiary/aromatic N) is 2. The van der Waals surface area contributed by atoms with Gasteiger partial charge in [-0.25, -0.2) is 4.98 Å². The number of hydrogen-bond acceptors (Lipinski definition) is 4. The predicted molar refractivity (Wildman–Crippen MR) is 58.2 cm³/mol. The number of thiazole rings is 1. The summed E-state index contributed by atoms with van der Waals surface area (Å²) in [7, 11) is 0. The van der Waals surface area contributed by atoms with Crippen LogP contribution in [0.2, 0.25) is 0 Å². The predicted octanol–water partition coefficient (Wildman–Crippen LogP) is 1.86. The molecule has 78 valence electrons. The summed E-state index contributed by atoms with van der Waals surface area (Å²) in [4.78, 5) is 15.6. The van der Waals surface area contributed by atoms with Gasteiger partial charge in [-0.3, -0.25) is 15.2 Å². The van der Waals surface area contributed by atoms with Crippen molar-refractivity contribution >= 4 is 34.0 Å². The number of hydrogen-bond donors (Lipinski definition) is 2. The third kappa shape index (κ3) is 2.34. The Bertz CT molecular complexity index is 453. The fourth-order valence-corrected chi connectivity index (χ4v) is 1.90. The van der Waals surface area contributed by atoms with Gasteiger partial charge in [-0.2, -0.15) is 5.10 Å². The fraction of sp³-hybridized carbons (Fsp3) is 0.125. The van der Waals surface area contributed by atoms with Gasteiger partial charge in [-0.15, -0.1) is 22.9 Å². The Morgan fingerprint density at radius 3 is 3.13 bits per heavy atom. The molecule has 0 saturated carbocycles. The van der Waals surface area contributed by atoms with Crippen LogP contribution in [0.4, 0.5) is 5.13 Å². The van der Waals surface area contributed by atoms with Crippen molar-refractivity contribution in [3.63, 3.8) is 0 Å². The number of carbonyl (C=O) groups is 1. The van der Waals surface area contributed by atoms with Crippen LogP contribution in [0.3, 0.4) is 0 Å². The van der Waals surface area contributed by atoms with E-state index in [0.29, 0.717) is 16.6 Å². The standard InChI is InChI=1S/C8H7ClN4OS/c9-1-6-4-15-8(12-6)13-7(14)5-2-10-11-3-5/h2-4H,1H2,(H,10,11)(H,12,13,14). The van der Waals surface area contributed by atoms with Gasteiger partial charge in [0, 0.05) is 11.6 Å². The van der Waals surface area contributed by atoms with Crippen molar-refractivity contribution in [2.24, 2.45) is 0 Å². The highest BCUT2D eigenvalue weighted by atomic mass is 35.5. The molecule has 5 nitrogen and oxygen atoms in total. The van der Waals surface area contributed by atoms with Gasteiger partial charge in [0.1, 0.15) is 0 Å². The minimum Gasteiger partial charge on any atom is -0.298 e. The Kier molecular flexibility index (Phi) is 2.98. The molecule has 2 rings (SSSR count). The van der Waals surface area contributed by atoms with E-state index in [1.54, 1.807) is 5.38 Å². The zero-order valence-corrected chi connectivity index (χ0v) is 9.10. The third-order valence-corrected chi connectivity index (χ3v) is 2.75. The number of aromatic nitrogens is 3. The van der Waals surface area contributed by atoms with Crippen molar-refractivity contribution in [2.75, 3.05) is 5.32 Å². The van der Waals surface area contributed by atoms with Gasteiger partial charge in [-0.1, -0.05) is 0 Å². The maximum absolute atomic E-state index is 11.5. The average Bonchev–Trinajstić information content (AvgIpc) is 2.87. The zero-order chi connectivity index (χ0) is 10.7. The molecule has 0 aromatic carbocycles. The van der Waals surface area contributed by atoms with Crippen LogP contribution in [0.15, 0.2) is 17.8 Å². The van der Waals surface area contributed by atoms with Gasteiger partial charge < -0.3 is 0 Å². The molecule has 0 aliphatic carbocycles. The molecule has 0 bridgehead atoms. The number of carbonyl (C=O) groups excluding carboxylic acids is 1. The van der Waals surface area contributed by atoms with Crippen molar-refractivity contribution < 1.29 is 4.79 Å². The van der Waals surface area contributed by atoms with E-state index in [2.05, 4.69) is 20.5 Å². The number of H-pyrrole nitrogens is 1. The normalized spacial score (nSPS) is 10.2. The SMILES string of the molecule is O=C(Nc1nc(CCl)cs1)c1cn[nH]c1. The van der Waals surface area contributed by atoms with E-state index >= 15 is 0 Å². The van der Waals surface area contributed by atoms with Crippen molar-refractivity contribution in [1.82, 2.24) is 15.2 Å². The molecule has 0 saturated heterocycles. The quantitative estimate of drug-likeness (QED) is 0.807. The number of halogens is 1. The first-order valence-electron chi connectivity index (χ1n) is 4.10. The molecule has 0 unspecified atom stereocenters. The van der Waals surface area contributed by atoms with Crippen LogP contribution >= 0.6 is 22.9 Å². The molecule has 2 heterocycles. The lowest BCUT2D eigenvalue weighted by atomic mass is 10.3. The first kappa shape index (κ1) is 10.1. The lowest BCUT2D eigenvalue weighted by molar-refractivity contribution is 0.102. The molecule has 0 atom stereocenters. The van der Waals surface area contributed by atoms with E-state index in [4.69, 9.17) is 11.6 Å². The summed E-state index contributed by atoms with van der Waals surface area (Å²) in [6.45, 7) is 0. The molecule has 7 heteroatoms. The highest BCUT2D eigenvalue weighted by Crippen LogP contribution is 2.17. The lowest BCUT2D eigenvalue weighted by Crippen LogP contribution is -2.10. The van der Waals surface area contributed by atoms with Gasteiger partial charge in [-0.05, 0) is 0 Å². The summed E-state index contributed by atoms with van der Waals surface area (Å²) in [6, 6.07) is 0. The highest BCUT2D eigenvalue weighted by molar-refractivity contribution is 7.14. The molecule has 15 heavy (non-hydrogen) atoms. The van der Waals surface area contributed by atoms with E-state index in [1.807, 2.05) is 0 Å². The first-order chi connectivity index (χ1) is 7.29. The minimum absolute atomic E-state index is 0.237. The van der Waals surface area contributed by atoms with Crippen LogP contribution in [0, 0.1) is 0 Å². The Labute approximate surface area is 94.5 Å². The maximum Gasteiger partial charge on any atom is 0.260 e. The molecule has 0 spiro atoms. The molecule has 0 fully saturated rings. The number of rotatable bonds is 3. The number of amides is 1. The summed E-state index contributed by atoms with van der Waals surface area (Å²) in [5.41, 5.74) is 1.22. The third-order valence-electron chi connectivity index (χ3n) is 1.67. The fourth-order valence-electron chi connectivity index (χ4n) is 0.970. The molecular weight excluding hydrogens is 236 g/mol. The second kappa shape index (κ2) is 4.41. The molecule has 0 radical (unpaired) electrons. The molecule has 0 aliphatic rings. The molecular formula is C8H7ClN4OS. The van der Waals surface area contributed by atoms with Crippen molar-refractivity contribution in [1.29, 1.82) is 0 Å². The van der Waals surface area contributed by atoms with E-state index in [-0.39, 0.29) is 5.91 Å². The Hall–Kier alpha value is -1.40. The van der Waals surface area contributed by atoms with Crippen LogP contribution in [0.5, 0.6) is 0 Å². The summed E-state index contributed by atoms with van der Waals surface area (Å²) in [5.74, 6) is 0.108. The summed E-state index contributed by atoms with van der Waals surface area (Å²) >= 11 is 6.93. The van der Waals surface area contributed by atoms with Crippen molar-refractivity contribution in [3.8, 4) is 0 Å². The maximum atomic E-state index is 11.5. The van der Waals surface area contributed by atoms with Gasteiger partial charge in [0.25, 0.3) is 5.91 Å². The van der Waals surface area contributed by atoms with Crippen molar-refractivity contribution in [2.45, 2.75) is 5.88 Å². The van der Waals surface area contributed by atoms with Crippen LogP contribution in [-0.4, -0.2) is 21.1 Å². The molecule has 2 N–H and O–H groups in total. The highest BCUT2D eigenvalue weighted by Gasteiger charge is 2.09. The Morgan fingerprint density at radius 2 is 2.53 bits per heavy atom. The zero-order valence-electron chi connectivity index (χ0n) is 7.53. The van der Waals surface area contributed by atoms with Crippen LogP contribution < -0.4 is 5.32 Å². The summed E-state index contributed by atoms with van der Waals surface area (Å²) in [5, 5.41) is 11.2. The van der Waals surface area contributed by atoms with E-state index < -0.39 is 0 Å². The first-order valence-corrected chi connectivity index (χ1v) is 5.51. The number of anilines is 1. The molecule has 0 aliphatic heterocycles. The van der Waals surface area contributed by atoms with Crippen molar-refractivity contribution in [3.05, 3.63) is 29.0 Å². The lowest BCUT2D eigenvalue weighted by Gasteiger charge is -1.96. The van der Waals surface area contributed by atoms with Gasteiger partial charge in [0.15, 0.2) is 5.13 Å². The second-order valence-electron chi connectivity index (χ2n) is 2.72. The van der Waals surface area contributed by atoms with Crippen LogP contribution in [-0.2, 0) is 5.88 Å². The Balaban J connectivity index is 2.06. The van der Waals surface area contributed by atoms with Crippen LogP contribution in [0.25, 0.3) is 0 Å². The smallest absolute Gasteiger partial charge is 0.260 e. The molecule has 1 amide bonds. The van der Waals surface area contributed by atoms with E-state index in [9.17, 15) is 4.79 Å². The average molecular weight is 243 g/mol. The largest absolute Gasteiger partial charge is 0.298 e. The topological polar surface area (TPSA) is 70.7 Å². The second-order valence-corrected chi connectivity index (χ2v) is 3.84. The number of aromatic amines is 1. The van der Waals surface area contributed by atoms with E-state index in [1.165, 1.54) is 23.7 Å². The summed E-state index contributed by atoms with van der Waals surface area (Å²) < 4.78 is 0. The van der Waals surface area contributed by atoms with Gasteiger partial charge in [0.05, 0.1) is 23.3 Å². The van der Waals surface area contributed by atoms with E-state index in [0.717, 1.165) is 5.69 Å².